The molecule has 0 unspecified atom stereocenters. The van der Waals surface area contributed by atoms with E-state index in [1.807, 2.05) is 32.0 Å². The fourth-order valence-electron chi connectivity index (χ4n) is 3.59. The zero-order valence-corrected chi connectivity index (χ0v) is 18.3. The summed E-state index contributed by atoms with van der Waals surface area (Å²) in [6, 6.07) is 9.89. The van der Waals surface area contributed by atoms with Crippen LogP contribution < -0.4 is 10.3 Å². The molecule has 1 aromatic carbocycles. The first-order chi connectivity index (χ1) is 14.2. The SMILES string of the molecule is COc1cccc(-c2ccc(=O)n(CC(=O)N(CC(C)C)[C@@H]3CCS(=O)(=O)C3)n2)c1. The van der Waals surface area contributed by atoms with Crippen molar-refractivity contribution in [1.29, 1.82) is 0 Å². The number of sulfone groups is 1. The summed E-state index contributed by atoms with van der Waals surface area (Å²) in [5, 5.41) is 4.36. The molecule has 0 bridgehead atoms. The molecule has 1 saturated heterocycles. The maximum absolute atomic E-state index is 13.1. The summed E-state index contributed by atoms with van der Waals surface area (Å²) in [6.07, 6.45) is 0.424. The quantitative estimate of drug-likeness (QED) is 0.658. The first-order valence-electron chi connectivity index (χ1n) is 9.91. The summed E-state index contributed by atoms with van der Waals surface area (Å²) in [5.41, 5.74) is 0.912. The number of benzene rings is 1. The van der Waals surface area contributed by atoms with Crippen LogP contribution in [0.2, 0.25) is 0 Å². The van der Waals surface area contributed by atoms with Crippen LogP contribution in [0.1, 0.15) is 20.3 Å². The van der Waals surface area contributed by atoms with Gasteiger partial charge in [0.05, 0.1) is 24.3 Å². The van der Waals surface area contributed by atoms with Crippen LogP contribution in [-0.2, 0) is 21.2 Å². The molecule has 1 amide bonds. The Labute approximate surface area is 176 Å². The number of carbonyl (C=O) groups is 1. The van der Waals surface area contributed by atoms with Crippen LogP contribution in [0.3, 0.4) is 0 Å². The third kappa shape index (κ3) is 5.27. The van der Waals surface area contributed by atoms with Gasteiger partial charge in [0.2, 0.25) is 5.91 Å². The summed E-state index contributed by atoms with van der Waals surface area (Å²) in [6.45, 7) is 4.14. The number of hydrogen-bond acceptors (Lipinski definition) is 6. The van der Waals surface area contributed by atoms with Gasteiger partial charge in [-0.05, 0) is 30.5 Å². The Balaban J connectivity index is 1.86. The second kappa shape index (κ2) is 8.99. The molecular weight excluding hydrogens is 406 g/mol. The van der Waals surface area contributed by atoms with Crippen molar-refractivity contribution in [2.45, 2.75) is 32.9 Å². The number of methoxy groups -OCH3 is 1. The second-order valence-corrected chi connectivity index (χ2v) is 10.2. The van der Waals surface area contributed by atoms with Gasteiger partial charge < -0.3 is 9.64 Å². The van der Waals surface area contributed by atoms with Crippen molar-refractivity contribution in [3.63, 3.8) is 0 Å². The highest BCUT2D eigenvalue weighted by molar-refractivity contribution is 7.91. The van der Waals surface area contributed by atoms with E-state index in [0.29, 0.717) is 24.4 Å². The summed E-state index contributed by atoms with van der Waals surface area (Å²) < 4.78 is 30.2. The Morgan fingerprint density at radius 1 is 1.30 bits per heavy atom. The molecule has 2 heterocycles. The molecule has 9 heteroatoms. The molecule has 8 nitrogen and oxygen atoms in total. The minimum atomic E-state index is -3.13. The van der Waals surface area contributed by atoms with E-state index in [1.165, 1.54) is 6.07 Å². The molecule has 0 saturated carbocycles. The third-order valence-corrected chi connectivity index (χ3v) is 6.80. The van der Waals surface area contributed by atoms with Crippen LogP contribution in [0.5, 0.6) is 5.75 Å². The number of aromatic nitrogens is 2. The van der Waals surface area contributed by atoms with E-state index in [2.05, 4.69) is 5.10 Å². The van der Waals surface area contributed by atoms with Gasteiger partial charge in [-0.15, -0.1) is 0 Å². The molecule has 30 heavy (non-hydrogen) atoms. The lowest BCUT2D eigenvalue weighted by Crippen LogP contribution is -2.46. The summed E-state index contributed by atoms with van der Waals surface area (Å²) in [7, 11) is -1.56. The molecular formula is C21H27N3O5S. The zero-order chi connectivity index (χ0) is 21.9. The number of carbonyl (C=O) groups excluding carboxylic acids is 1. The number of hydrogen-bond donors (Lipinski definition) is 0. The zero-order valence-electron chi connectivity index (χ0n) is 17.4. The molecule has 0 N–H and O–H groups in total. The van der Waals surface area contributed by atoms with E-state index in [9.17, 15) is 18.0 Å². The van der Waals surface area contributed by atoms with Crippen molar-refractivity contribution in [3.05, 3.63) is 46.8 Å². The summed E-state index contributed by atoms with van der Waals surface area (Å²) in [5.74, 6) is 0.586. The first-order valence-corrected chi connectivity index (χ1v) is 11.7. The van der Waals surface area contributed by atoms with Gasteiger partial charge in [0, 0.05) is 24.2 Å². The Morgan fingerprint density at radius 2 is 2.07 bits per heavy atom. The van der Waals surface area contributed by atoms with Gasteiger partial charge in [-0.25, -0.2) is 13.1 Å². The van der Waals surface area contributed by atoms with Gasteiger partial charge in [-0.2, -0.15) is 5.10 Å². The average Bonchev–Trinajstić information content (AvgIpc) is 3.07. The van der Waals surface area contributed by atoms with Crippen molar-refractivity contribution in [1.82, 2.24) is 14.7 Å². The van der Waals surface area contributed by atoms with Crippen molar-refractivity contribution >= 4 is 15.7 Å². The van der Waals surface area contributed by atoms with Gasteiger partial charge in [0.15, 0.2) is 9.84 Å². The predicted octanol–water partition coefficient (Wildman–Crippen LogP) is 1.59. The Bertz CT molecular complexity index is 1080. The van der Waals surface area contributed by atoms with Gasteiger partial charge in [0.1, 0.15) is 12.3 Å². The largest absolute Gasteiger partial charge is 0.497 e. The molecule has 162 valence electrons. The molecule has 0 radical (unpaired) electrons. The highest BCUT2D eigenvalue weighted by Crippen LogP contribution is 2.22. The summed E-state index contributed by atoms with van der Waals surface area (Å²) >= 11 is 0. The smallest absolute Gasteiger partial charge is 0.267 e. The van der Waals surface area contributed by atoms with Crippen molar-refractivity contribution in [2.24, 2.45) is 5.92 Å². The Kier molecular flexibility index (Phi) is 6.60. The molecule has 1 aliphatic heterocycles. The number of ether oxygens (including phenoxy) is 1. The highest BCUT2D eigenvalue weighted by Gasteiger charge is 2.35. The Morgan fingerprint density at radius 3 is 2.70 bits per heavy atom. The summed E-state index contributed by atoms with van der Waals surface area (Å²) in [4.78, 5) is 27.0. The van der Waals surface area contributed by atoms with Crippen molar-refractivity contribution in [2.75, 3.05) is 25.2 Å². The molecule has 1 fully saturated rings. The monoisotopic (exact) mass is 433 g/mol. The van der Waals surface area contributed by atoms with E-state index >= 15 is 0 Å². The predicted molar refractivity (Wildman–Crippen MR) is 114 cm³/mol. The molecule has 1 atom stereocenters. The molecule has 2 aromatic rings. The first kappa shape index (κ1) is 22.0. The maximum atomic E-state index is 13.1. The van der Waals surface area contributed by atoms with Gasteiger partial charge in [-0.1, -0.05) is 26.0 Å². The third-order valence-electron chi connectivity index (χ3n) is 5.05. The minimum Gasteiger partial charge on any atom is -0.497 e. The molecule has 0 aliphatic carbocycles. The lowest BCUT2D eigenvalue weighted by Gasteiger charge is -2.30. The topological polar surface area (TPSA) is 98.6 Å². The van der Waals surface area contributed by atoms with Crippen LogP contribution in [0.25, 0.3) is 11.3 Å². The highest BCUT2D eigenvalue weighted by atomic mass is 32.2. The fraction of sp³-hybridized carbons (Fsp3) is 0.476. The van der Waals surface area contributed by atoms with Crippen LogP contribution in [0.15, 0.2) is 41.2 Å². The lowest BCUT2D eigenvalue weighted by atomic mass is 10.1. The van der Waals surface area contributed by atoms with Crippen molar-refractivity contribution < 1.29 is 17.9 Å². The van der Waals surface area contributed by atoms with Crippen LogP contribution in [-0.4, -0.2) is 60.2 Å². The Hall–Kier alpha value is -2.68. The maximum Gasteiger partial charge on any atom is 0.267 e. The number of nitrogens with zero attached hydrogens (tertiary/aromatic N) is 3. The van der Waals surface area contributed by atoms with E-state index in [-0.39, 0.29) is 35.9 Å². The van der Waals surface area contributed by atoms with Crippen LogP contribution in [0, 0.1) is 5.92 Å². The van der Waals surface area contributed by atoms with E-state index in [1.54, 1.807) is 24.1 Å². The minimum absolute atomic E-state index is 0.0301. The van der Waals surface area contributed by atoms with Crippen LogP contribution in [0.4, 0.5) is 0 Å². The molecule has 1 aromatic heterocycles. The lowest BCUT2D eigenvalue weighted by molar-refractivity contribution is -0.134. The standard InChI is InChI=1S/C21H27N3O5S/c1-15(2)12-23(17-9-10-30(27,28)14-17)21(26)13-24-20(25)8-7-19(22-24)16-5-4-6-18(11-16)29-3/h4-8,11,15,17H,9-10,12-14H2,1-3H3/t17-/m1/s1. The van der Waals surface area contributed by atoms with E-state index in [0.717, 1.165) is 10.2 Å². The molecule has 3 rings (SSSR count). The van der Waals surface area contributed by atoms with E-state index < -0.39 is 15.4 Å². The normalized spacial score (nSPS) is 17.8. The fourth-order valence-corrected chi connectivity index (χ4v) is 5.32. The number of amides is 1. The van der Waals surface area contributed by atoms with Gasteiger partial charge in [0.25, 0.3) is 5.56 Å². The van der Waals surface area contributed by atoms with Crippen LogP contribution >= 0.6 is 0 Å². The average molecular weight is 434 g/mol. The van der Waals surface area contributed by atoms with E-state index in [4.69, 9.17) is 4.74 Å². The molecule has 0 spiro atoms. The number of rotatable bonds is 7. The van der Waals surface area contributed by atoms with Crippen molar-refractivity contribution in [3.8, 4) is 17.0 Å². The molecule has 1 aliphatic rings. The second-order valence-electron chi connectivity index (χ2n) is 7.94. The van der Waals surface area contributed by atoms with Gasteiger partial charge >= 0.3 is 0 Å². The van der Waals surface area contributed by atoms with Gasteiger partial charge in [-0.3, -0.25) is 9.59 Å².